The van der Waals surface area contributed by atoms with Crippen molar-refractivity contribution in [2.45, 2.75) is 65.8 Å². The van der Waals surface area contributed by atoms with Gasteiger partial charge in [-0.25, -0.2) is 0 Å². The third-order valence-electron chi connectivity index (χ3n) is 3.68. The third kappa shape index (κ3) is 1.79. The van der Waals surface area contributed by atoms with Crippen molar-refractivity contribution in [1.29, 1.82) is 0 Å². The van der Waals surface area contributed by atoms with Crippen molar-refractivity contribution in [3.8, 4) is 0 Å². The summed E-state index contributed by atoms with van der Waals surface area (Å²) in [7, 11) is 0. The molecule has 0 spiro atoms. The van der Waals surface area contributed by atoms with E-state index >= 15 is 0 Å². The number of aromatic nitrogens is 2. The molecule has 0 fully saturated rings. The lowest BCUT2D eigenvalue weighted by molar-refractivity contribution is 0.223. The maximum absolute atomic E-state index is 4.58. The molecule has 2 rings (SSSR count). The molecule has 0 atom stereocenters. The summed E-state index contributed by atoms with van der Waals surface area (Å²) in [6.45, 7) is 13.9. The van der Waals surface area contributed by atoms with E-state index in [4.69, 9.17) is 0 Å². The highest BCUT2D eigenvalue weighted by atomic mass is 15.3. The highest BCUT2D eigenvalue weighted by Crippen LogP contribution is 2.45. The lowest BCUT2D eigenvalue weighted by Crippen LogP contribution is -2.35. The molecule has 0 bridgehead atoms. The normalized spacial score (nSPS) is 22.2. The van der Waals surface area contributed by atoms with Gasteiger partial charge in [-0.2, -0.15) is 5.10 Å². The van der Waals surface area contributed by atoms with Crippen molar-refractivity contribution in [1.82, 2.24) is 9.78 Å². The fraction of sp³-hybridized carbons (Fsp3) is 0.786. The Morgan fingerprint density at radius 2 is 1.88 bits per heavy atom. The number of rotatable bonds is 1. The van der Waals surface area contributed by atoms with Crippen molar-refractivity contribution in [3.05, 3.63) is 17.5 Å². The first-order valence-corrected chi connectivity index (χ1v) is 6.30. The molecule has 0 N–H and O–H groups in total. The first-order chi connectivity index (χ1) is 7.23. The van der Waals surface area contributed by atoms with Crippen LogP contribution in [0.2, 0.25) is 0 Å². The second-order valence-corrected chi connectivity index (χ2v) is 6.94. The van der Waals surface area contributed by atoms with Crippen molar-refractivity contribution in [2.24, 2.45) is 5.41 Å². The smallest absolute Gasteiger partial charge is 0.0530 e. The Morgan fingerprint density at radius 3 is 2.44 bits per heavy atom. The maximum Gasteiger partial charge on any atom is 0.0530 e. The Balaban J connectivity index is 2.54. The molecule has 90 valence electrons. The average Bonchev–Trinajstić information content (AvgIpc) is 2.43. The van der Waals surface area contributed by atoms with Crippen LogP contribution in [0.25, 0.3) is 0 Å². The predicted octanol–water partition coefficient (Wildman–Crippen LogP) is 3.71. The van der Waals surface area contributed by atoms with Crippen LogP contribution < -0.4 is 0 Å². The van der Waals surface area contributed by atoms with Gasteiger partial charge in [0.25, 0.3) is 0 Å². The number of hydrogen-bond acceptors (Lipinski definition) is 1. The van der Waals surface area contributed by atoms with E-state index in [1.165, 1.54) is 17.7 Å². The minimum atomic E-state index is 0.268. The molecule has 0 amide bonds. The Labute approximate surface area is 99.0 Å². The zero-order valence-electron chi connectivity index (χ0n) is 11.5. The molecule has 16 heavy (non-hydrogen) atoms. The Hall–Kier alpha value is -0.790. The number of nitrogens with zero attached hydrogens (tertiary/aromatic N) is 2. The van der Waals surface area contributed by atoms with Gasteiger partial charge >= 0.3 is 0 Å². The fourth-order valence-electron chi connectivity index (χ4n) is 3.38. The van der Waals surface area contributed by atoms with Crippen LogP contribution in [0, 0.1) is 5.41 Å². The fourth-order valence-corrected chi connectivity index (χ4v) is 3.38. The molecule has 2 heteroatoms. The number of fused-ring (bicyclic) bond motifs is 1. The second-order valence-electron chi connectivity index (χ2n) is 6.94. The highest BCUT2D eigenvalue weighted by Gasteiger charge is 2.39. The van der Waals surface area contributed by atoms with Crippen molar-refractivity contribution < 1.29 is 0 Å². The van der Waals surface area contributed by atoms with Gasteiger partial charge in [0, 0.05) is 11.7 Å². The first-order valence-electron chi connectivity index (χ1n) is 6.30. The van der Waals surface area contributed by atoms with Crippen LogP contribution in [-0.4, -0.2) is 9.78 Å². The first kappa shape index (κ1) is 11.7. The van der Waals surface area contributed by atoms with Crippen LogP contribution in [0.15, 0.2) is 6.20 Å². The molecule has 0 saturated carbocycles. The maximum atomic E-state index is 4.58. The molecule has 1 aromatic rings. The summed E-state index contributed by atoms with van der Waals surface area (Å²) in [5, 5.41) is 4.58. The van der Waals surface area contributed by atoms with E-state index in [0.29, 0.717) is 11.5 Å². The van der Waals surface area contributed by atoms with Crippen LogP contribution in [0.5, 0.6) is 0 Å². The lowest BCUT2D eigenvalue weighted by atomic mass is 9.64. The summed E-state index contributed by atoms with van der Waals surface area (Å²) in [6.07, 6.45) is 4.49. The van der Waals surface area contributed by atoms with Crippen LogP contribution in [-0.2, 0) is 11.8 Å². The van der Waals surface area contributed by atoms with Gasteiger partial charge in [-0.05, 0) is 43.1 Å². The minimum Gasteiger partial charge on any atom is -0.267 e. The van der Waals surface area contributed by atoms with E-state index < -0.39 is 0 Å². The molecule has 0 aliphatic heterocycles. The monoisotopic (exact) mass is 220 g/mol. The van der Waals surface area contributed by atoms with Crippen LogP contribution in [0.1, 0.15) is 65.3 Å². The summed E-state index contributed by atoms with van der Waals surface area (Å²) in [4.78, 5) is 0. The van der Waals surface area contributed by atoms with Gasteiger partial charge < -0.3 is 0 Å². The van der Waals surface area contributed by atoms with Crippen molar-refractivity contribution in [3.63, 3.8) is 0 Å². The third-order valence-corrected chi connectivity index (χ3v) is 3.68. The molecule has 1 heterocycles. The quantitative estimate of drug-likeness (QED) is 0.705. The standard InChI is InChI=1S/C14H24N2/c1-10(2)16-12-7-13(3,4)9-14(5,6)11(12)8-15-16/h8,10H,7,9H2,1-6H3. The predicted molar refractivity (Wildman–Crippen MR) is 67.7 cm³/mol. The molecule has 0 saturated heterocycles. The van der Waals surface area contributed by atoms with Crippen molar-refractivity contribution in [2.75, 3.05) is 0 Å². The van der Waals surface area contributed by atoms with E-state index in [2.05, 4.69) is 57.5 Å². The van der Waals surface area contributed by atoms with Crippen LogP contribution in [0.3, 0.4) is 0 Å². The van der Waals surface area contributed by atoms with E-state index in [9.17, 15) is 0 Å². The van der Waals surface area contributed by atoms with Gasteiger partial charge in [-0.3, -0.25) is 4.68 Å². The molecule has 1 aromatic heterocycles. The Morgan fingerprint density at radius 1 is 1.25 bits per heavy atom. The summed E-state index contributed by atoms with van der Waals surface area (Å²) >= 11 is 0. The Bertz CT molecular complexity index is 397. The zero-order chi connectivity index (χ0) is 12.1. The summed E-state index contributed by atoms with van der Waals surface area (Å²) in [6, 6.07) is 0.466. The molecule has 2 nitrogen and oxygen atoms in total. The minimum absolute atomic E-state index is 0.268. The molecule has 1 aliphatic carbocycles. The van der Waals surface area contributed by atoms with Crippen molar-refractivity contribution >= 4 is 0 Å². The van der Waals surface area contributed by atoms with Gasteiger partial charge in [-0.15, -0.1) is 0 Å². The highest BCUT2D eigenvalue weighted by molar-refractivity contribution is 5.31. The van der Waals surface area contributed by atoms with Gasteiger partial charge in [-0.1, -0.05) is 27.7 Å². The molecule has 0 unspecified atom stereocenters. The SMILES string of the molecule is CC(C)n1ncc2c1CC(C)(C)CC2(C)C. The molecule has 1 aliphatic rings. The average molecular weight is 220 g/mol. The van der Waals surface area contributed by atoms with Crippen LogP contribution >= 0.6 is 0 Å². The topological polar surface area (TPSA) is 17.8 Å². The summed E-state index contributed by atoms with van der Waals surface area (Å²) in [5.41, 5.74) is 3.57. The molecular formula is C14H24N2. The zero-order valence-corrected chi connectivity index (χ0v) is 11.5. The number of hydrogen-bond donors (Lipinski definition) is 0. The van der Waals surface area contributed by atoms with E-state index in [1.807, 2.05) is 0 Å². The largest absolute Gasteiger partial charge is 0.267 e. The second kappa shape index (κ2) is 3.35. The lowest BCUT2D eigenvalue weighted by Gasteiger charge is -2.41. The van der Waals surface area contributed by atoms with E-state index in [0.717, 1.165) is 6.42 Å². The van der Waals surface area contributed by atoms with Crippen LogP contribution in [0.4, 0.5) is 0 Å². The molecule has 0 aromatic carbocycles. The van der Waals surface area contributed by atoms with E-state index in [-0.39, 0.29) is 5.41 Å². The van der Waals surface area contributed by atoms with Gasteiger partial charge in [0.2, 0.25) is 0 Å². The van der Waals surface area contributed by atoms with Gasteiger partial charge in [0.15, 0.2) is 0 Å². The van der Waals surface area contributed by atoms with Gasteiger partial charge in [0.05, 0.1) is 6.20 Å². The Kier molecular flexibility index (Phi) is 2.45. The summed E-state index contributed by atoms with van der Waals surface area (Å²) < 4.78 is 2.21. The molecule has 0 radical (unpaired) electrons. The van der Waals surface area contributed by atoms with Gasteiger partial charge in [0.1, 0.15) is 0 Å². The van der Waals surface area contributed by atoms with E-state index in [1.54, 1.807) is 0 Å². The molecular weight excluding hydrogens is 196 g/mol. The summed E-state index contributed by atoms with van der Waals surface area (Å²) in [5.74, 6) is 0.